The number of esters is 1. The minimum atomic E-state index is -0.415. The zero-order chi connectivity index (χ0) is 11.0. The summed E-state index contributed by atoms with van der Waals surface area (Å²) >= 11 is 2.08. The van der Waals surface area contributed by atoms with Crippen LogP contribution in [-0.4, -0.2) is 29.1 Å². The number of hydrogen-bond acceptors (Lipinski definition) is 3. The van der Waals surface area contributed by atoms with Gasteiger partial charge in [-0.15, -0.1) is 0 Å². The van der Waals surface area contributed by atoms with Crippen LogP contribution in [-0.2, 0) is 9.53 Å². The lowest BCUT2D eigenvalue weighted by atomic mass is 10.2. The fraction of sp³-hybridized carbons (Fsp3) is 0.900. The smallest absolute Gasteiger partial charge is 0.321 e. The van der Waals surface area contributed by atoms with Gasteiger partial charge in [0.25, 0.3) is 0 Å². The van der Waals surface area contributed by atoms with Gasteiger partial charge in [0, 0.05) is 6.54 Å². The maximum absolute atomic E-state index is 11.3. The van der Waals surface area contributed by atoms with Gasteiger partial charge in [-0.05, 0) is 26.8 Å². The summed E-state index contributed by atoms with van der Waals surface area (Å²) in [5.41, 5.74) is 0. The molecule has 0 saturated heterocycles. The SMILES string of the molecule is CCCCNCCOC(=O)C(C)(C)I. The number of carbonyl (C=O) groups is 1. The van der Waals surface area contributed by atoms with Gasteiger partial charge in [0.15, 0.2) is 0 Å². The molecular weight excluding hydrogens is 293 g/mol. The summed E-state index contributed by atoms with van der Waals surface area (Å²) in [4.78, 5) is 11.3. The first-order valence-corrected chi connectivity index (χ1v) is 6.13. The second kappa shape index (κ2) is 7.45. The maximum atomic E-state index is 11.3. The van der Waals surface area contributed by atoms with Crippen molar-refractivity contribution < 1.29 is 9.53 Å². The Hall–Kier alpha value is 0.160. The van der Waals surface area contributed by atoms with Crippen molar-refractivity contribution in [1.82, 2.24) is 5.32 Å². The van der Waals surface area contributed by atoms with Crippen LogP contribution < -0.4 is 5.32 Å². The summed E-state index contributed by atoms with van der Waals surface area (Å²) in [7, 11) is 0. The van der Waals surface area contributed by atoms with Crippen LogP contribution in [0.25, 0.3) is 0 Å². The summed E-state index contributed by atoms with van der Waals surface area (Å²) in [6.07, 6.45) is 2.36. The average Bonchev–Trinajstić information content (AvgIpc) is 2.09. The van der Waals surface area contributed by atoms with Crippen molar-refractivity contribution in [2.45, 2.75) is 37.0 Å². The molecule has 0 heterocycles. The minimum Gasteiger partial charge on any atom is -0.463 e. The standard InChI is InChI=1S/C10H20INO2/c1-4-5-6-12-7-8-14-9(13)10(2,3)11/h12H,4-8H2,1-3H3. The molecule has 0 radical (unpaired) electrons. The molecule has 4 heteroatoms. The van der Waals surface area contributed by atoms with E-state index < -0.39 is 3.42 Å². The fourth-order valence-corrected chi connectivity index (χ4v) is 0.970. The van der Waals surface area contributed by atoms with Gasteiger partial charge in [-0.1, -0.05) is 35.9 Å². The summed E-state index contributed by atoms with van der Waals surface area (Å²) in [5, 5.41) is 3.21. The molecule has 14 heavy (non-hydrogen) atoms. The summed E-state index contributed by atoms with van der Waals surface area (Å²) in [6, 6.07) is 0. The first-order valence-electron chi connectivity index (χ1n) is 5.05. The number of ether oxygens (including phenoxy) is 1. The number of halogens is 1. The van der Waals surface area contributed by atoms with Crippen molar-refractivity contribution in [2.24, 2.45) is 0 Å². The van der Waals surface area contributed by atoms with Crippen LogP contribution in [0.4, 0.5) is 0 Å². The van der Waals surface area contributed by atoms with E-state index in [2.05, 4.69) is 34.8 Å². The van der Waals surface area contributed by atoms with Crippen LogP contribution >= 0.6 is 22.6 Å². The molecule has 0 atom stereocenters. The van der Waals surface area contributed by atoms with Gasteiger partial charge in [-0.3, -0.25) is 4.79 Å². The Balaban J connectivity index is 3.33. The highest BCUT2D eigenvalue weighted by Gasteiger charge is 2.24. The number of carbonyl (C=O) groups excluding carboxylic acids is 1. The van der Waals surface area contributed by atoms with E-state index in [4.69, 9.17) is 4.74 Å². The molecule has 1 N–H and O–H groups in total. The van der Waals surface area contributed by atoms with E-state index in [0.29, 0.717) is 6.61 Å². The predicted octanol–water partition coefficient (Wildman–Crippen LogP) is 2.13. The quantitative estimate of drug-likeness (QED) is 0.339. The monoisotopic (exact) mass is 313 g/mol. The molecule has 0 unspecified atom stereocenters. The topological polar surface area (TPSA) is 38.3 Å². The fourth-order valence-electron chi connectivity index (χ4n) is 0.814. The van der Waals surface area contributed by atoms with E-state index in [-0.39, 0.29) is 5.97 Å². The molecule has 0 aliphatic heterocycles. The van der Waals surface area contributed by atoms with E-state index in [1.165, 1.54) is 12.8 Å². The Morgan fingerprint density at radius 1 is 1.43 bits per heavy atom. The third-order valence-corrected chi connectivity index (χ3v) is 2.14. The van der Waals surface area contributed by atoms with E-state index in [0.717, 1.165) is 13.1 Å². The van der Waals surface area contributed by atoms with Crippen molar-refractivity contribution in [1.29, 1.82) is 0 Å². The van der Waals surface area contributed by atoms with Gasteiger partial charge in [-0.25, -0.2) is 0 Å². The van der Waals surface area contributed by atoms with Gasteiger partial charge in [0.05, 0.1) is 0 Å². The second-order valence-corrected chi connectivity index (χ2v) is 6.41. The molecule has 3 nitrogen and oxygen atoms in total. The van der Waals surface area contributed by atoms with Crippen LogP contribution in [0.1, 0.15) is 33.6 Å². The van der Waals surface area contributed by atoms with Crippen LogP contribution in [0, 0.1) is 0 Å². The highest BCUT2D eigenvalue weighted by Crippen LogP contribution is 2.17. The highest BCUT2D eigenvalue weighted by molar-refractivity contribution is 14.1. The zero-order valence-corrected chi connectivity index (χ0v) is 11.4. The Bertz CT molecular complexity index is 166. The summed E-state index contributed by atoms with van der Waals surface area (Å²) in [5.74, 6) is -0.143. The number of alkyl halides is 1. The van der Waals surface area contributed by atoms with Crippen molar-refractivity contribution in [3.63, 3.8) is 0 Å². The van der Waals surface area contributed by atoms with Gasteiger partial charge in [0.2, 0.25) is 0 Å². The first-order chi connectivity index (χ1) is 6.48. The van der Waals surface area contributed by atoms with Crippen LogP contribution in [0.15, 0.2) is 0 Å². The normalized spacial score (nSPS) is 11.4. The molecule has 0 fully saturated rings. The molecule has 84 valence electrons. The van der Waals surface area contributed by atoms with E-state index >= 15 is 0 Å². The molecular formula is C10H20INO2. The number of rotatable bonds is 7. The average molecular weight is 313 g/mol. The van der Waals surface area contributed by atoms with Crippen molar-refractivity contribution in [3.8, 4) is 0 Å². The molecule has 0 aromatic heterocycles. The Kier molecular flexibility index (Phi) is 7.54. The van der Waals surface area contributed by atoms with Gasteiger partial charge in [0.1, 0.15) is 10.0 Å². The largest absolute Gasteiger partial charge is 0.463 e. The molecule has 0 aromatic rings. The van der Waals surface area contributed by atoms with Crippen molar-refractivity contribution in [2.75, 3.05) is 19.7 Å². The Morgan fingerprint density at radius 2 is 2.07 bits per heavy atom. The molecule has 0 aromatic carbocycles. The van der Waals surface area contributed by atoms with Gasteiger partial charge >= 0.3 is 5.97 Å². The lowest BCUT2D eigenvalue weighted by molar-refractivity contribution is -0.144. The first kappa shape index (κ1) is 14.2. The van der Waals surface area contributed by atoms with Crippen molar-refractivity contribution >= 4 is 28.6 Å². The Labute approximate surface area is 100 Å². The summed E-state index contributed by atoms with van der Waals surface area (Å²) in [6.45, 7) is 8.07. The lowest BCUT2D eigenvalue weighted by Gasteiger charge is -2.14. The second-order valence-electron chi connectivity index (χ2n) is 3.71. The molecule has 0 spiro atoms. The maximum Gasteiger partial charge on any atom is 0.321 e. The molecule has 0 aliphatic rings. The van der Waals surface area contributed by atoms with Gasteiger partial charge in [-0.2, -0.15) is 0 Å². The third-order valence-electron chi connectivity index (χ3n) is 1.70. The van der Waals surface area contributed by atoms with Gasteiger partial charge < -0.3 is 10.1 Å². The molecule has 0 bridgehead atoms. The van der Waals surface area contributed by atoms with E-state index in [1.807, 2.05) is 13.8 Å². The number of hydrogen-bond donors (Lipinski definition) is 1. The molecule has 0 amide bonds. The third kappa shape index (κ3) is 7.55. The number of unbranched alkanes of at least 4 members (excludes halogenated alkanes) is 1. The van der Waals surface area contributed by atoms with Crippen LogP contribution in [0.2, 0.25) is 0 Å². The zero-order valence-electron chi connectivity index (χ0n) is 9.23. The molecule has 0 aliphatic carbocycles. The van der Waals surface area contributed by atoms with Crippen molar-refractivity contribution in [3.05, 3.63) is 0 Å². The molecule has 0 rings (SSSR count). The highest BCUT2D eigenvalue weighted by atomic mass is 127. The van der Waals surface area contributed by atoms with Crippen LogP contribution in [0.3, 0.4) is 0 Å². The molecule has 0 saturated carbocycles. The van der Waals surface area contributed by atoms with E-state index in [9.17, 15) is 4.79 Å². The summed E-state index contributed by atoms with van der Waals surface area (Å²) < 4.78 is 4.66. The van der Waals surface area contributed by atoms with Crippen LogP contribution in [0.5, 0.6) is 0 Å². The minimum absolute atomic E-state index is 0.143. The Morgan fingerprint density at radius 3 is 2.57 bits per heavy atom. The predicted molar refractivity (Wildman–Crippen MR) is 66.8 cm³/mol. The van der Waals surface area contributed by atoms with E-state index in [1.54, 1.807) is 0 Å². The number of nitrogens with one attached hydrogen (secondary N) is 1. The lowest BCUT2D eigenvalue weighted by Crippen LogP contribution is -2.30.